The van der Waals surface area contributed by atoms with Crippen molar-refractivity contribution in [1.82, 2.24) is 0 Å². The summed E-state index contributed by atoms with van der Waals surface area (Å²) in [5, 5.41) is 0. The fraction of sp³-hybridized carbons (Fsp3) is 0.364. The molecular weight excluding hydrogens is 180 g/mol. The molecule has 1 nitrogen and oxygen atoms in total. The Kier molecular flexibility index (Phi) is 3.67. The van der Waals surface area contributed by atoms with Crippen LogP contribution in [0.2, 0.25) is 0 Å². The molecule has 0 heterocycles. The zero-order valence-electron chi connectivity index (χ0n) is 8.55. The number of benzene rings is 1. The molecule has 0 unspecified atom stereocenters. The molecular formula is C11H15OS. The summed E-state index contributed by atoms with van der Waals surface area (Å²) in [6.45, 7) is 4.21. The molecule has 1 aromatic carbocycles. The summed E-state index contributed by atoms with van der Waals surface area (Å²) < 4.78 is 5.29. The van der Waals surface area contributed by atoms with Gasteiger partial charge >= 0.3 is 0 Å². The molecule has 0 saturated carbocycles. The van der Waals surface area contributed by atoms with Gasteiger partial charge in [-0.25, -0.2) is 0 Å². The molecule has 0 atom stereocenters. The van der Waals surface area contributed by atoms with Crippen LogP contribution >= 0.6 is 11.8 Å². The van der Waals surface area contributed by atoms with Gasteiger partial charge in [-0.15, -0.1) is 11.8 Å². The van der Waals surface area contributed by atoms with E-state index in [1.807, 2.05) is 0 Å². The minimum absolute atomic E-state index is 0.964. The maximum atomic E-state index is 5.29. The topological polar surface area (TPSA) is 9.23 Å². The van der Waals surface area contributed by atoms with Crippen LogP contribution in [0, 0.1) is 5.92 Å². The van der Waals surface area contributed by atoms with Crippen LogP contribution in [0.15, 0.2) is 23.1 Å². The van der Waals surface area contributed by atoms with Gasteiger partial charge < -0.3 is 4.74 Å². The molecule has 0 aliphatic carbocycles. The SMILES string of the molecule is COc1cc([C](C)C)ccc1SC. The van der Waals surface area contributed by atoms with Crippen LogP contribution in [-0.4, -0.2) is 13.4 Å². The Bertz CT molecular complexity index is 281. The summed E-state index contributed by atoms with van der Waals surface area (Å²) in [7, 11) is 1.71. The minimum atomic E-state index is 0.964. The van der Waals surface area contributed by atoms with E-state index in [1.165, 1.54) is 16.4 Å². The molecule has 71 valence electrons. The lowest BCUT2D eigenvalue weighted by Crippen LogP contribution is -1.91. The molecule has 1 aromatic rings. The van der Waals surface area contributed by atoms with Gasteiger partial charge in [0, 0.05) is 4.90 Å². The predicted molar refractivity (Wildman–Crippen MR) is 58.5 cm³/mol. The Labute approximate surface area is 84.5 Å². The summed E-state index contributed by atoms with van der Waals surface area (Å²) in [4.78, 5) is 1.19. The zero-order valence-corrected chi connectivity index (χ0v) is 9.37. The third kappa shape index (κ3) is 2.41. The Morgan fingerprint density at radius 1 is 1.31 bits per heavy atom. The summed E-state index contributed by atoms with van der Waals surface area (Å²) in [5.41, 5.74) is 1.25. The number of rotatable bonds is 3. The summed E-state index contributed by atoms with van der Waals surface area (Å²) in [5.74, 6) is 2.28. The van der Waals surface area contributed by atoms with E-state index in [0.717, 1.165) is 5.75 Å². The van der Waals surface area contributed by atoms with Crippen LogP contribution < -0.4 is 4.74 Å². The van der Waals surface area contributed by atoms with Crippen LogP contribution in [0.25, 0.3) is 0 Å². The van der Waals surface area contributed by atoms with Gasteiger partial charge in [0.15, 0.2) is 0 Å². The van der Waals surface area contributed by atoms with Crippen molar-refractivity contribution in [2.24, 2.45) is 0 Å². The number of methoxy groups -OCH3 is 1. The maximum Gasteiger partial charge on any atom is 0.132 e. The third-order valence-corrected chi connectivity index (χ3v) is 2.74. The van der Waals surface area contributed by atoms with Gasteiger partial charge in [0.25, 0.3) is 0 Å². The largest absolute Gasteiger partial charge is 0.496 e. The van der Waals surface area contributed by atoms with Gasteiger partial charge in [-0.2, -0.15) is 0 Å². The quantitative estimate of drug-likeness (QED) is 0.684. The van der Waals surface area contributed by atoms with Crippen LogP contribution in [0.3, 0.4) is 0 Å². The number of hydrogen-bond acceptors (Lipinski definition) is 2. The fourth-order valence-electron chi connectivity index (χ4n) is 1.15. The first-order valence-corrected chi connectivity index (χ1v) is 5.44. The van der Waals surface area contributed by atoms with Crippen LogP contribution in [0.5, 0.6) is 5.75 Å². The Morgan fingerprint density at radius 2 is 2.00 bits per heavy atom. The van der Waals surface area contributed by atoms with E-state index in [4.69, 9.17) is 4.74 Å². The lowest BCUT2D eigenvalue weighted by Gasteiger charge is -2.10. The van der Waals surface area contributed by atoms with Crippen molar-refractivity contribution in [3.05, 3.63) is 29.7 Å². The molecule has 0 spiro atoms. The first-order chi connectivity index (χ1) is 6.19. The van der Waals surface area contributed by atoms with Crippen LogP contribution in [0.1, 0.15) is 19.4 Å². The zero-order chi connectivity index (χ0) is 9.84. The van der Waals surface area contributed by atoms with Crippen LogP contribution in [0.4, 0.5) is 0 Å². The average Bonchev–Trinajstić information content (AvgIpc) is 2.16. The van der Waals surface area contributed by atoms with Gasteiger partial charge in [-0.3, -0.25) is 0 Å². The van der Waals surface area contributed by atoms with Crippen molar-refractivity contribution < 1.29 is 4.74 Å². The van der Waals surface area contributed by atoms with Gasteiger partial charge in [0.2, 0.25) is 0 Å². The second kappa shape index (κ2) is 4.56. The molecule has 0 aliphatic rings. The van der Waals surface area contributed by atoms with E-state index in [1.54, 1.807) is 18.9 Å². The molecule has 0 saturated heterocycles. The van der Waals surface area contributed by atoms with E-state index in [-0.39, 0.29) is 0 Å². The highest BCUT2D eigenvalue weighted by molar-refractivity contribution is 7.98. The highest BCUT2D eigenvalue weighted by Gasteiger charge is 2.05. The van der Waals surface area contributed by atoms with E-state index in [9.17, 15) is 0 Å². The average molecular weight is 195 g/mol. The van der Waals surface area contributed by atoms with Crippen molar-refractivity contribution in [1.29, 1.82) is 0 Å². The number of ether oxygens (including phenoxy) is 1. The fourth-order valence-corrected chi connectivity index (χ4v) is 1.69. The molecule has 1 rings (SSSR count). The highest BCUT2D eigenvalue weighted by Crippen LogP contribution is 2.30. The Hall–Kier alpha value is -0.630. The second-order valence-electron chi connectivity index (χ2n) is 3.07. The molecule has 0 aromatic heterocycles. The van der Waals surface area contributed by atoms with E-state index >= 15 is 0 Å². The third-order valence-electron chi connectivity index (χ3n) is 1.96. The molecule has 0 bridgehead atoms. The van der Waals surface area contributed by atoms with E-state index < -0.39 is 0 Å². The standard InChI is InChI=1S/C11H15OS/c1-8(2)9-5-6-11(13-4)10(7-9)12-3/h5-7H,1-4H3. The van der Waals surface area contributed by atoms with Crippen molar-refractivity contribution in [2.45, 2.75) is 18.7 Å². The van der Waals surface area contributed by atoms with Crippen molar-refractivity contribution >= 4 is 11.8 Å². The van der Waals surface area contributed by atoms with Crippen LogP contribution in [-0.2, 0) is 0 Å². The first kappa shape index (κ1) is 10.5. The minimum Gasteiger partial charge on any atom is -0.496 e. The summed E-state index contributed by atoms with van der Waals surface area (Å²) in [6.07, 6.45) is 2.06. The summed E-state index contributed by atoms with van der Waals surface area (Å²) in [6, 6.07) is 6.32. The Balaban J connectivity index is 3.05. The lowest BCUT2D eigenvalue weighted by molar-refractivity contribution is 0.404. The van der Waals surface area contributed by atoms with Gasteiger partial charge in [-0.05, 0) is 29.9 Å². The lowest BCUT2D eigenvalue weighted by atomic mass is 10.0. The predicted octanol–water partition coefficient (Wildman–Crippen LogP) is 3.38. The van der Waals surface area contributed by atoms with Gasteiger partial charge in [0.1, 0.15) is 5.75 Å². The molecule has 0 amide bonds. The molecule has 1 radical (unpaired) electrons. The Morgan fingerprint density at radius 3 is 2.46 bits per heavy atom. The van der Waals surface area contributed by atoms with E-state index in [2.05, 4.69) is 38.3 Å². The van der Waals surface area contributed by atoms with Crippen molar-refractivity contribution in [2.75, 3.05) is 13.4 Å². The molecule has 0 aliphatic heterocycles. The monoisotopic (exact) mass is 195 g/mol. The maximum absolute atomic E-state index is 5.29. The highest BCUT2D eigenvalue weighted by atomic mass is 32.2. The summed E-state index contributed by atoms with van der Waals surface area (Å²) >= 11 is 1.71. The normalized spacial score (nSPS) is 10.5. The van der Waals surface area contributed by atoms with Gasteiger partial charge in [-0.1, -0.05) is 19.9 Å². The number of thioether (sulfide) groups is 1. The second-order valence-corrected chi connectivity index (χ2v) is 3.92. The first-order valence-electron chi connectivity index (χ1n) is 4.21. The smallest absolute Gasteiger partial charge is 0.132 e. The molecule has 0 N–H and O–H groups in total. The van der Waals surface area contributed by atoms with Gasteiger partial charge in [0.05, 0.1) is 7.11 Å². The van der Waals surface area contributed by atoms with Crippen molar-refractivity contribution in [3.63, 3.8) is 0 Å². The molecule has 13 heavy (non-hydrogen) atoms. The molecule has 2 heteroatoms. The number of hydrogen-bond donors (Lipinski definition) is 0. The van der Waals surface area contributed by atoms with E-state index in [0.29, 0.717) is 0 Å². The van der Waals surface area contributed by atoms with Crippen molar-refractivity contribution in [3.8, 4) is 5.75 Å². The molecule has 0 fully saturated rings.